The van der Waals surface area contributed by atoms with E-state index in [1.54, 1.807) is 18.2 Å². The topological polar surface area (TPSA) is 122 Å². The Balaban J connectivity index is 2.42. The lowest BCUT2D eigenvalue weighted by atomic mass is 10.2. The monoisotopic (exact) mass is 356 g/mol. The summed E-state index contributed by atoms with van der Waals surface area (Å²) in [6, 6.07) is 6.35. The van der Waals surface area contributed by atoms with Crippen molar-refractivity contribution in [2.24, 2.45) is 5.10 Å². The molecule has 0 saturated heterocycles. The summed E-state index contributed by atoms with van der Waals surface area (Å²) in [5.41, 5.74) is -1.10. The third-order valence-corrected chi connectivity index (χ3v) is 4.20. The molecule has 0 unspecified atom stereocenters. The minimum atomic E-state index is -0.902. The summed E-state index contributed by atoms with van der Waals surface area (Å²) in [4.78, 5) is 20.3. The number of rotatable bonds is 5. The number of anilines is 1. The van der Waals surface area contributed by atoms with Gasteiger partial charge in [-0.2, -0.15) is 5.10 Å². The third-order valence-electron chi connectivity index (χ3n) is 2.77. The van der Waals surface area contributed by atoms with Crippen molar-refractivity contribution < 1.29 is 15.0 Å². The Morgan fingerprint density at radius 2 is 1.87 bits per heavy atom. The van der Waals surface area contributed by atoms with E-state index in [4.69, 9.17) is 11.6 Å². The Morgan fingerprint density at radius 1 is 1.26 bits per heavy atom. The first-order valence-electron chi connectivity index (χ1n) is 5.99. The molecule has 1 aromatic carbocycles. The molecule has 11 heteroatoms. The van der Waals surface area contributed by atoms with E-state index in [9.17, 15) is 25.3 Å². The standard InChI is InChI=1S/C12H9ClN4O5S/c1-15(14-6-7-4-2-3-5-8(7)18)12-10(17(21)22)9(16(19)20)11(13)23-12/h2-6,18H,1H3/b14-6+. The van der Waals surface area contributed by atoms with Crippen molar-refractivity contribution in [1.29, 1.82) is 0 Å². The molecule has 9 nitrogen and oxygen atoms in total. The lowest BCUT2D eigenvalue weighted by molar-refractivity contribution is -0.421. The van der Waals surface area contributed by atoms with E-state index in [1.807, 2.05) is 0 Å². The molecule has 2 aromatic rings. The average Bonchev–Trinajstić information content (AvgIpc) is 2.84. The molecule has 120 valence electrons. The maximum absolute atomic E-state index is 11.1. The molecule has 0 aliphatic heterocycles. The van der Waals surface area contributed by atoms with Gasteiger partial charge in [-0.1, -0.05) is 35.1 Å². The molecule has 0 fully saturated rings. The smallest absolute Gasteiger partial charge is 0.383 e. The van der Waals surface area contributed by atoms with Crippen molar-refractivity contribution in [3.8, 4) is 5.75 Å². The van der Waals surface area contributed by atoms with Crippen LogP contribution < -0.4 is 5.01 Å². The van der Waals surface area contributed by atoms with Gasteiger partial charge in [0.2, 0.25) is 0 Å². The fourth-order valence-corrected chi connectivity index (χ4v) is 2.98. The summed E-state index contributed by atoms with van der Waals surface area (Å²) in [6.45, 7) is 0. The SMILES string of the molecule is CN(/N=C/c1ccccc1O)c1sc(Cl)c([N+](=O)[O-])c1[N+](=O)[O-]. The summed E-state index contributed by atoms with van der Waals surface area (Å²) in [5.74, 6) is -0.0191. The number of nitro groups is 2. The van der Waals surface area contributed by atoms with Gasteiger partial charge in [0.15, 0.2) is 9.34 Å². The molecule has 23 heavy (non-hydrogen) atoms. The van der Waals surface area contributed by atoms with Crippen LogP contribution in [0.1, 0.15) is 5.56 Å². The first kappa shape index (κ1) is 16.6. The highest BCUT2D eigenvalue weighted by atomic mass is 35.5. The van der Waals surface area contributed by atoms with Crippen molar-refractivity contribution in [3.63, 3.8) is 0 Å². The number of hydrogen-bond donors (Lipinski definition) is 1. The van der Waals surface area contributed by atoms with Gasteiger partial charge in [-0.25, -0.2) is 0 Å². The van der Waals surface area contributed by atoms with Gasteiger partial charge in [0.25, 0.3) is 0 Å². The van der Waals surface area contributed by atoms with Crippen LogP contribution in [-0.2, 0) is 0 Å². The van der Waals surface area contributed by atoms with E-state index in [0.29, 0.717) is 16.9 Å². The number of para-hydroxylation sites is 1. The average molecular weight is 357 g/mol. The van der Waals surface area contributed by atoms with Crippen LogP contribution in [0.5, 0.6) is 5.75 Å². The lowest BCUT2D eigenvalue weighted by Gasteiger charge is -2.08. The molecule has 0 radical (unpaired) electrons. The number of phenolic OH excluding ortho intramolecular Hbond substituents is 1. The highest BCUT2D eigenvalue weighted by molar-refractivity contribution is 7.21. The number of thiophene rings is 1. The fourth-order valence-electron chi connectivity index (χ4n) is 1.72. The largest absolute Gasteiger partial charge is 0.507 e. The van der Waals surface area contributed by atoms with Crippen molar-refractivity contribution in [2.45, 2.75) is 0 Å². The first-order chi connectivity index (χ1) is 10.8. The predicted octanol–water partition coefficient (Wildman–Crippen LogP) is 3.39. The van der Waals surface area contributed by atoms with Crippen molar-refractivity contribution in [2.75, 3.05) is 12.1 Å². The van der Waals surface area contributed by atoms with Crippen LogP contribution in [0.4, 0.5) is 16.4 Å². The summed E-state index contributed by atoms with van der Waals surface area (Å²) in [7, 11) is 1.38. The maximum atomic E-state index is 11.1. The Hall–Kier alpha value is -2.72. The van der Waals surface area contributed by atoms with Crippen molar-refractivity contribution in [3.05, 3.63) is 54.4 Å². The van der Waals surface area contributed by atoms with Gasteiger partial charge in [-0.05, 0) is 12.1 Å². The number of nitrogens with zero attached hydrogens (tertiary/aromatic N) is 4. The van der Waals surface area contributed by atoms with E-state index in [2.05, 4.69) is 5.10 Å². The van der Waals surface area contributed by atoms with Crippen LogP contribution in [0.3, 0.4) is 0 Å². The predicted molar refractivity (Wildman–Crippen MR) is 86.7 cm³/mol. The fraction of sp³-hybridized carbons (Fsp3) is 0.0833. The highest BCUT2D eigenvalue weighted by Crippen LogP contribution is 2.49. The van der Waals surface area contributed by atoms with Gasteiger partial charge in [0.05, 0.1) is 16.1 Å². The van der Waals surface area contributed by atoms with Crippen LogP contribution in [0.2, 0.25) is 4.34 Å². The Bertz CT molecular complexity index is 807. The zero-order chi connectivity index (χ0) is 17.1. The van der Waals surface area contributed by atoms with E-state index in [0.717, 1.165) is 5.01 Å². The van der Waals surface area contributed by atoms with Crippen molar-refractivity contribution >= 4 is 45.5 Å². The molecule has 1 N–H and O–H groups in total. The first-order valence-corrected chi connectivity index (χ1v) is 7.19. The van der Waals surface area contributed by atoms with E-state index in [1.165, 1.54) is 19.3 Å². The molecule has 0 aliphatic carbocycles. The second-order valence-corrected chi connectivity index (χ2v) is 5.82. The number of phenols is 1. The minimum absolute atomic E-state index is 0.0191. The highest BCUT2D eigenvalue weighted by Gasteiger charge is 2.37. The summed E-state index contributed by atoms with van der Waals surface area (Å²) < 4.78 is -0.304. The Morgan fingerprint density at radius 3 is 2.43 bits per heavy atom. The quantitative estimate of drug-likeness (QED) is 0.497. The zero-order valence-electron chi connectivity index (χ0n) is 11.5. The molecule has 0 saturated carbocycles. The molecule has 1 aromatic heterocycles. The van der Waals surface area contributed by atoms with Crippen molar-refractivity contribution in [1.82, 2.24) is 0 Å². The van der Waals surface area contributed by atoms with Crippen LogP contribution >= 0.6 is 22.9 Å². The zero-order valence-corrected chi connectivity index (χ0v) is 13.1. The minimum Gasteiger partial charge on any atom is -0.507 e. The molecule has 2 rings (SSSR count). The molecular weight excluding hydrogens is 348 g/mol. The van der Waals surface area contributed by atoms with E-state index >= 15 is 0 Å². The van der Waals surface area contributed by atoms with Gasteiger partial charge < -0.3 is 5.11 Å². The van der Waals surface area contributed by atoms with E-state index < -0.39 is 21.2 Å². The van der Waals surface area contributed by atoms with Crippen LogP contribution in [0, 0.1) is 20.2 Å². The number of halogens is 1. The van der Waals surface area contributed by atoms with Gasteiger partial charge in [-0.15, -0.1) is 0 Å². The van der Waals surface area contributed by atoms with E-state index in [-0.39, 0.29) is 15.1 Å². The van der Waals surface area contributed by atoms with Gasteiger partial charge in [0, 0.05) is 12.6 Å². The molecule has 0 bridgehead atoms. The maximum Gasteiger partial charge on any atom is 0.383 e. The lowest BCUT2D eigenvalue weighted by Crippen LogP contribution is -2.09. The van der Waals surface area contributed by atoms with Crippen LogP contribution in [-0.4, -0.2) is 28.2 Å². The summed E-state index contributed by atoms with van der Waals surface area (Å²) in [5, 5.41) is 36.7. The summed E-state index contributed by atoms with van der Waals surface area (Å²) >= 11 is 6.41. The van der Waals surface area contributed by atoms with Gasteiger partial charge >= 0.3 is 11.4 Å². The Kier molecular flexibility index (Phi) is 4.77. The molecular formula is C12H9ClN4O5S. The molecule has 1 heterocycles. The Labute approximate surface area is 138 Å². The molecule has 0 spiro atoms. The summed E-state index contributed by atoms with van der Waals surface area (Å²) in [6.07, 6.45) is 1.28. The second kappa shape index (κ2) is 6.58. The number of hydrazone groups is 1. The van der Waals surface area contributed by atoms with Gasteiger partial charge in [-0.3, -0.25) is 25.2 Å². The number of hydrogen-bond acceptors (Lipinski definition) is 8. The third kappa shape index (κ3) is 3.38. The van der Waals surface area contributed by atoms with Gasteiger partial charge in [0.1, 0.15) is 5.75 Å². The number of benzene rings is 1. The molecule has 0 amide bonds. The van der Waals surface area contributed by atoms with Crippen LogP contribution in [0.25, 0.3) is 0 Å². The normalized spacial score (nSPS) is 10.9. The van der Waals surface area contributed by atoms with Crippen LogP contribution in [0.15, 0.2) is 29.4 Å². The molecule has 0 aliphatic rings. The molecule has 0 atom stereocenters. The number of aromatic hydroxyl groups is 1. The second-order valence-electron chi connectivity index (χ2n) is 4.22.